The number of ether oxygens (including phenoxy) is 2. The molecule has 0 bridgehead atoms. The van der Waals surface area contributed by atoms with Gasteiger partial charge in [0.15, 0.2) is 11.4 Å². The Balaban J connectivity index is 1.21. The largest absolute Gasteiger partial charge is 0.446 e. The van der Waals surface area contributed by atoms with E-state index in [0.29, 0.717) is 68.7 Å². The smallest absolute Gasteiger partial charge is 0.408 e. The molecule has 0 unspecified atom stereocenters. The van der Waals surface area contributed by atoms with Crippen LogP contribution in [0.3, 0.4) is 0 Å². The number of Topliss-reactive ketones (excluding diaryl/α,β-unsaturated/α-hetero) is 2. The van der Waals surface area contributed by atoms with Crippen LogP contribution in [0.1, 0.15) is 113 Å². The molecule has 11 nitrogen and oxygen atoms in total. The Labute approximate surface area is 312 Å². The third-order valence-corrected chi connectivity index (χ3v) is 11.3. The minimum atomic E-state index is -0.904. The number of rotatable bonds is 18. The lowest BCUT2D eigenvalue weighted by Crippen LogP contribution is -2.52. The van der Waals surface area contributed by atoms with Gasteiger partial charge in [-0.05, 0) is 94.4 Å². The Morgan fingerprint density at radius 3 is 2.38 bits per heavy atom. The van der Waals surface area contributed by atoms with Crippen molar-refractivity contribution in [3.05, 3.63) is 66.1 Å². The van der Waals surface area contributed by atoms with Crippen LogP contribution >= 0.6 is 0 Å². The highest BCUT2D eigenvalue weighted by Crippen LogP contribution is 2.31. The van der Waals surface area contributed by atoms with E-state index in [-0.39, 0.29) is 48.5 Å². The van der Waals surface area contributed by atoms with Crippen LogP contribution in [0.4, 0.5) is 4.79 Å². The number of para-hydroxylation sites is 2. The van der Waals surface area contributed by atoms with Gasteiger partial charge in [-0.1, -0.05) is 68.1 Å². The van der Waals surface area contributed by atoms with Gasteiger partial charge in [-0.3, -0.25) is 14.4 Å². The van der Waals surface area contributed by atoms with Gasteiger partial charge >= 0.3 is 6.09 Å². The summed E-state index contributed by atoms with van der Waals surface area (Å²) < 4.78 is 18.0. The number of amides is 2. The number of oxazole rings is 1. The van der Waals surface area contributed by atoms with Crippen LogP contribution in [0.15, 0.2) is 59.0 Å². The Morgan fingerprint density at radius 2 is 1.62 bits per heavy atom. The molecule has 6 rings (SSSR count). The minimum Gasteiger partial charge on any atom is -0.446 e. The Morgan fingerprint density at radius 1 is 0.887 bits per heavy atom. The number of fused-ring (bicyclic) bond motifs is 1. The molecule has 3 N–H and O–H groups in total. The van der Waals surface area contributed by atoms with Gasteiger partial charge in [0, 0.05) is 31.9 Å². The number of alkyl carbamates (subject to hydrolysis) is 1. The first kappa shape index (κ1) is 38.6. The number of ketones is 2. The second-order valence-electron chi connectivity index (χ2n) is 15.2. The van der Waals surface area contributed by atoms with Crippen LogP contribution in [0, 0.1) is 11.8 Å². The maximum atomic E-state index is 14.6. The fraction of sp³-hybridized carbons (Fsp3) is 0.595. The molecule has 2 amide bonds. The summed E-state index contributed by atoms with van der Waals surface area (Å²) in [6.07, 6.45) is 11.4. The number of benzene rings is 2. The molecule has 2 aromatic carbocycles. The molecule has 3 aromatic rings. The van der Waals surface area contributed by atoms with E-state index < -0.39 is 24.1 Å². The van der Waals surface area contributed by atoms with Gasteiger partial charge in [-0.2, -0.15) is 0 Å². The van der Waals surface area contributed by atoms with Crippen molar-refractivity contribution in [3.63, 3.8) is 0 Å². The van der Waals surface area contributed by atoms with E-state index in [1.54, 1.807) is 17.0 Å². The van der Waals surface area contributed by atoms with Crippen LogP contribution in [0.5, 0.6) is 0 Å². The Hall–Kier alpha value is -4.09. The number of nitrogens with two attached hydrogens (primary N) is 1. The summed E-state index contributed by atoms with van der Waals surface area (Å²) in [5, 5.41) is 2.89. The zero-order chi connectivity index (χ0) is 37.0. The van der Waals surface area contributed by atoms with Crippen LogP contribution in [-0.4, -0.2) is 77.4 Å². The van der Waals surface area contributed by atoms with Crippen molar-refractivity contribution in [2.24, 2.45) is 17.6 Å². The summed E-state index contributed by atoms with van der Waals surface area (Å²) in [5.74, 6) is -1.11. The summed E-state index contributed by atoms with van der Waals surface area (Å²) in [4.78, 5) is 62.1. The highest BCUT2D eigenvalue weighted by Gasteiger charge is 2.44. The SMILES string of the molecule is NCCCC[C@H](CC(=O)[C@@H]1C[C@@H](OCC2CCCCC2)CN1C(=O)[C@@H](CCc1ccccc1)NC(=O)OC1CCCC1)C(=O)c1nc2ccccc2o1. The fourth-order valence-electron chi connectivity index (χ4n) is 8.23. The van der Waals surface area contributed by atoms with E-state index in [4.69, 9.17) is 19.6 Å². The van der Waals surface area contributed by atoms with E-state index in [1.165, 1.54) is 19.3 Å². The standard InChI is InChI=1S/C42H56N4O7/c43-24-12-11-17-31(39(48)40-44-34-20-9-10-21-38(34)53-40)25-37(47)36-26-33(51-28-30-15-5-2-6-16-30)27-46(36)41(49)35(23-22-29-13-3-1-4-14-29)45-42(50)52-32-18-7-8-19-32/h1,3-4,9-10,13-14,20-21,30-33,35-36H,2,5-8,11-12,15-19,22-28,43H2,(H,45,50)/t31-,33-,35-,36+/m1/s1. The summed E-state index contributed by atoms with van der Waals surface area (Å²) in [5.41, 5.74) is 7.92. The number of aryl methyl sites for hydroxylation is 1. The van der Waals surface area contributed by atoms with E-state index in [1.807, 2.05) is 42.5 Å². The number of nitrogens with one attached hydrogen (secondary N) is 1. The highest BCUT2D eigenvalue weighted by molar-refractivity contribution is 6.00. The molecule has 2 heterocycles. The minimum absolute atomic E-state index is 0.0178. The van der Waals surface area contributed by atoms with Gasteiger partial charge in [0.1, 0.15) is 17.7 Å². The highest BCUT2D eigenvalue weighted by atomic mass is 16.6. The van der Waals surface area contributed by atoms with E-state index >= 15 is 0 Å². The van der Waals surface area contributed by atoms with Gasteiger partial charge in [0.25, 0.3) is 5.89 Å². The van der Waals surface area contributed by atoms with Crippen LogP contribution in [0.25, 0.3) is 11.1 Å². The average Bonchev–Trinajstić information content (AvgIpc) is 3.96. The zero-order valence-electron chi connectivity index (χ0n) is 30.9. The first-order valence-electron chi connectivity index (χ1n) is 19.9. The first-order chi connectivity index (χ1) is 25.9. The lowest BCUT2D eigenvalue weighted by atomic mass is 9.89. The second kappa shape index (κ2) is 19.3. The van der Waals surface area contributed by atoms with Gasteiger partial charge in [0.05, 0.1) is 12.1 Å². The van der Waals surface area contributed by atoms with Crippen molar-refractivity contribution in [1.82, 2.24) is 15.2 Å². The number of unbranched alkanes of at least 4 members (excludes halogenated alkanes) is 1. The molecule has 1 aliphatic heterocycles. The fourth-order valence-corrected chi connectivity index (χ4v) is 8.23. The molecular formula is C42H56N4O7. The first-order valence-corrected chi connectivity index (χ1v) is 19.9. The number of hydrogen-bond donors (Lipinski definition) is 2. The van der Waals surface area contributed by atoms with Crippen molar-refractivity contribution in [3.8, 4) is 0 Å². The quantitative estimate of drug-likeness (QED) is 0.105. The Kier molecular flexibility index (Phi) is 14.1. The molecule has 3 fully saturated rings. The third-order valence-electron chi connectivity index (χ3n) is 11.3. The second-order valence-corrected chi connectivity index (χ2v) is 15.2. The summed E-state index contributed by atoms with van der Waals surface area (Å²) in [6, 6.07) is 15.3. The maximum Gasteiger partial charge on any atom is 0.408 e. The number of hydrogen-bond acceptors (Lipinski definition) is 9. The predicted octanol–water partition coefficient (Wildman–Crippen LogP) is 6.95. The molecule has 2 saturated carbocycles. The molecular weight excluding hydrogens is 672 g/mol. The van der Waals surface area contributed by atoms with E-state index in [2.05, 4.69) is 10.3 Å². The van der Waals surface area contributed by atoms with Crippen LogP contribution in [-0.2, 0) is 25.5 Å². The number of carbonyl (C=O) groups excluding carboxylic acids is 4. The van der Waals surface area contributed by atoms with Crippen LogP contribution < -0.4 is 11.1 Å². The van der Waals surface area contributed by atoms with Gasteiger partial charge in [-0.15, -0.1) is 0 Å². The summed E-state index contributed by atoms with van der Waals surface area (Å²) >= 11 is 0. The number of nitrogens with zero attached hydrogens (tertiary/aromatic N) is 2. The Bertz CT molecular complexity index is 1620. The molecule has 11 heteroatoms. The molecule has 1 aromatic heterocycles. The lowest BCUT2D eigenvalue weighted by Gasteiger charge is -2.29. The van der Waals surface area contributed by atoms with Crippen molar-refractivity contribution in [2.45, 2.75) is 127 Å². The number of likely N-dealkylation sites (tertiary alicyclic amines) is 1. The number of carbonyl (C=O) groups is 4. The lowest BCUT2D eigenvalue weighted by molar-refractivity contribution is -0.139. The third kappa shape index (κ3) is 10.8. The monoisotopic (exact) mass is 728 g/mol. The normalized spacial score (nSPS) is 20.7. The topological polar surface area (TPSA) is 154 Å². The maximum absolute atomic E-state index is 14.6. The molecule has 1 saturated heterocycles. The van der Waals surface area contributed by atoms with Crippen molar-refractivity contribution in [2.75, 3.05) is 19.7 Å². The van der Waals surface area contributed by atoms with Gasteiger partial charge in [-0.25, -0.2) is 9.78 Å². The molecule has 2 aliphatic carbocycles. The molecule has 3 aliphatic rings. The van der Waals surface area contributed by atoms with Gasteiger partial charge < -0.3 is 29.8 Å². The molecule has 53 heavy (non-hydrogen) atoms. The summed E-state index contributed by atoms with van der Waals surface area (Å²) in [7, 11) is 0. The van der Waals surface area contributed by atoms with E-state index in [0.717, 1.165) is 44.1 Å². The molecule has 0 spiro atoms. The van der Waals surface area contributed by atoms with Crippen molar-refractivity contribution in [1.29, 1.82) is 0 Å². The average molecular weight is 729 g/mol. The zero-order valence-corrected chi connectivity index (χ0v) is 30.9. The van der Waals surface area contributed by atoms with Crippen molar-refractivity contribution >= 4 is 34.7 Å². The van der Waals surface area contributed by atoms with Gasteiger partial charge in [0.2, 0.25) is 11.7 Å². The number of aromatic nitrogens is 1. The van der Waals surface area contributed by atoms with Crippen molar-refractivity contribution < 1.29 is 33.1 Å². The predicted molar refractivity (Wildman–Crippen MR) is 201 cm³/mol. The summed E-state index contributed by atoms with van der Waals surface area (Å²) in [6.45, 7) is 1.30. The molecule has 286 valence electrons. The molecule has 4 atom stereocenters. The van der Waals surface area contributed by atoms with E-state index in [9.17, 15) is 19.2 Å². The molecule has 0 radical (unpaired) electrons. The van der Waals surface area contributed by atoms with Crippen LogP contribution in [0.2, 0.25) is 0 Å².